The Balaban J connectivity index is 1.67. The second-order valence-electron chi connectivity index (χ2n) is 9.57. The Hall–Kier alpha value is -4.18. The number of benzene rings is 2. The number of carbonyl (C=O) groups excluding carboxylic acids is 2. The fourth-order valence-electron chi connectivity index (χ4n) is 6.47. The third-order valence-electron chi connectivity index (χ3n) is 8.11. The molecule has 3 aliphatic rings. The summed E-state index contributed by atoms with van der Waals surface area (Å²) in [6.07, 6.45) is 6.59. The molecule has 0 saturated heterocycles. The van der Waals surface area contributed by atoms with Crippen molar-refractivity contribution in [3.05, 3.63) is 135 Å². The number of allylic oxidation sites excluding steroid dienone is 1. The van der Waals surface area contributed by atoms with Crippen LogP contribution < -0.4 is 0 Å². The van der Waals surface area contributed by atoms with Gasteiger partial charge in [0.05, 0.1) is 11.1 Å². The van der Waals surface area contributed by atoms with Gasteiger partial charge in [0.25, 0.3) is 0 Å². The number of hydrogen-bond acceptors (Lipinski definition) is 4. The van der Waals surface area contributed by atoms with Crippen LogP contribution in [0.2, 0.25) is 0 Å². The highest BCUT2D eigenvalue weighted by Gasteiger charge is 2.52. The zero-order valence-electron chi connectivity index (χ0n) is 19.5. The first kappa shape index (κ1) is 20.2. The third kappa shape index (κ3) is 2.36. The van der Waals surface area contributed by atoms with E-state index < -0.39 is 5.41 Å². The number of nitrogens with zero attached hydrogens (tertiary/aromatic N) is 2. The zero-order chi connectivity index (χ0) is 23.9. The summed E-state index contributed by atoms with van der Waals surface area (Å²) in [7, 11) is 0. The summed E-state index contributed by atoms with van der Waals surface area (Å²) in [5.74, 6) is -0.0605. The first-order chi connectivity index (χ1) is 17.1. The van der Waals surface area contributed by atoms with Gasteiger partial charge in [-0.1, -0.05) is 68.5 Å². The average molecular weight is 455 g/mol. The number of aromatic nitrogens is 2. The molecule has 0 radical (unpaired) electrons. The number of fused-ring (bicyclic) bond motifs is 6. The van der Waals surface area contributed by atoms with E-state index in [2.05, 4.69) is 31.0 Å². The van der Waals surface area contributed by atoms with E-state index in [4.69, 9.17) is 4.98 Å². The predicted molar refractivity (Wildman–Crippen MR) is 134 cm³/mol. The molecule has 1 spiro atoms. The van der Waals surface area contributed by atoms with Crippen molar-refractivity contribution >= 4 is 17.1 Å². The second-order valence-corrected chi connectivity index (χ2v) is 9.57. The molecular formula is C31H22N2O2. The number of carbonyl (C=O) groups is 2. The lowest BCUT2D eigenvalue weighted by Gasteiger charge is -2.46. The van der Waals surface area contributed by atoms with Crippen molar-refractivity contribution < 1.29 is 9.59 Å². The van der Waals surface area contributed by atoms with Crippen LogP contribution in [-0.2, 0) is 11.8 Å². The lowest BCUT2D eigenvalue weighted by Crippen LogP contribution is -2.43. The van der Waals surface area contributed by atoms with Crippen molar-refractivity contribution in [2.24, 2.45) is 0 Å². The molecule has 7 rings (SSSR count). The van der Waals surface area contributed by atoms with Gasteiger partial charge < -0.3 is 0 Å². The summed E-state index contributed by atoms with van der Waals surface area (Å²) in [6.45, 7) is 4.26. The van der Waals surface area contributed by atoms with Crippen molar-refractivity contribution in [1.29, 1.82) is 0 Å². The Morgan fingerprint density at radius 3 is 2.31 bits per heavy atom. The van der Waals surface area contributed by atoms with Crippen molar-refractivity contribution in [3.63, 3.8) is 0 Å². The zero-order valence-corrected chi connectivity index (χ0v) is 19.5. The molecule has 0 saturated carbocycles. The highest BCUT2D eigenvalue weighted by atomic mass is 16.1. The van der Waals surface area contributed by atoms with E-state index in [1.165, 1.54) is 0 Å². The van der Waals surface area contributed by atoms with Gasteiger partial charge in [-0.05, 0) is 46.4 Å². The van der Waals surface area contributed by atoms with Crippen LogP contribution in [0.25, 0.3) is 5.57 Å². The van der Waals surface area contributed by atoms with E-state index >= 15 is 0 Å². The lowest BCUT2D eigenvalue weighted by molar-refractivity contribution is 0.102. The van der Waals surface area contributed by atoms with Gasteiger partial charge in [-0.2, -0.15) is 0 Å². The molecule has 0 fully saturated rings. The van der Waals surface area contributed by atoms with E-state index in [-0.39, 0.29) is 17.5 Å². The van der Waals surface area contributed by atoms with E-state index in [0.717, 1.165) is 56.6 Å². The van der Waals surface area contributed by atoms with Crippen molar-refractivity contribution in [3.8, 4) is 0 Å². The molecule has 0 aliphatic heterocycles. The fraction of sp³-hybridized carbons (Fsp3) is 0.161. The van der Waals surface area contributed by atoms with Crippen LogP contribution in [0.5, 0.6) is 0 Å². The number of rotatable bonds is 1. The standard InChI is InChI=1S/C31H22N2O2/c1-3-18-12-14-33-30-25(18)28(34)22-10-6-7-11-24(22)31(30)16-23-20-8-4-5-9-21(20)29(35)27-26(23)19(17(31)2)13-15-32-27/h4-17H,3H2,1-2H3/t17-,31-/m0/s1. The Morgan fingerprint density at radius 2 is 1.51 bits per heavy atom. The molecule has 2 aromatic heterocycles. The highest BCUT2D eigenvalue weighted by molar-refractivity contribution is 6.19. The third-order valence-corrected chi connectivity index (χ3v) is 8.11. The largest absolute Gasteiger partial charge is 0.289 e. The lowest BCUT2D eigenvalue weighted by atomic mass is 9.55. The minimum absolute atomic E-state index is 0.0382. The Kier molecular flexibility index (Phi) is 4.00. The average Bonchev–Trinajstić information content (AvgIpc) is 2.91. The quantitative estimate of drug-likeness (QED) is 0.328. The van der Waals surface area contributed by atoms with Gasteiger partial charge in [0.15, 0.2) is 5.78 Å². The molecule has 4 heteroatoms. The summed E-state index contributed by atoms with van der Waals surface area (Å²) in [4.78, 5) is 36.6. The van der Waals surface area contributed by atoms with Gasteiger partial charge >= 0.3 is 0 Å². The fourth-order valence-corrected chi connectivity index (χ4v) is 6.47. The molecule has 3 aliphatic carbocycles. The molecule has 0 bridgehead atoms. The predicted octanol–water partition coefficient (Wildman–Crippen LogP) is 5.66. The van der Waals surface area contributed by atoms with Crippen LogP contribution in [0, 0.1) is 0 Å². The highest BCUT2D eigenvalue weighted by Crippen LogP contribution is 2.57. The first-order valence-electron chi connectivity index (χ1n) is 12.1. The summed E-state index contributed by atoms with van der Waals surface area (Å²) in [6, 6.07) is 19.7. The van der Waals surface area contributed by atoms with Crippen LogP contribution in [0.15, 0.2) is 79.1 Å². The minimum Gasteiger partial charge on any atom is -0.289 e. The van der Waals surface area contributed by atoms with E-state index in [9.17, 15) is 9.59 Å². The number of ketones is 2. The normalized spacial score (nSPS) is 21.1. The maximum Gasteiger partial charge on any atom is 0.212 e. The molecule has 0 unspecified atom stereocenters. The van der Waals surface area contributed by atoms with Crippen LogP contribution in [0.4, 0.5) is 0 Å². The maximum absolute atomic E-state index is 13.8. The molecule has 2 atom stereocenters. The Bertz CT molecular complexity index is 1650. The van der Waals surface area contributed by atoms with E-state index in [1.54, 1.807) is 6.20 Å². The topological polar surface area (TPSA) is 59.9 Å². The van der Waals surface area contributed by atoms with Crippen molar-refractivity contribution in [2.75, 3.05) is 0 Å². The van der Waals surface area contributed by atoms with Gasteiger partial charge in [-0.15, -0.1) is 0 Å². The number of pyridine rings is 2. The smallest absolute Gasteiger partial charge is 0.212 e. The molecular weight excluding hydrogens is 432 g/mol. The molecule has 2 heterocycles. The molecule has 4 nitrogen and oxygen atoms in total. The minimum atomic E-state index is -0.653. The number of aryl methyl sites for hydroxylation is 1. The molecule has 0 N–H and O–H groups in total. The summed E-state index contributed by atoms with van der Waals surface area (Å²) in [5.41, 5.74) is 8.63. The van der Waals surface area contributed by atoms with Gasteiger partial charge in [0, 0.05) is 40.6 Å². The summed E-state index contributed by atoms with van der Waals surface area (Å²) >= 11 is 0. The van der Waals surface area contributed by atoms with Crippen molar-refractivity contribution in [1.82, 2.24) is 9.97 Å². The van der Waals surface area contributed by atoms with E-state index in [1.807, 2.05) is 60.8 Å². The van der Waals surface area contributed by atoms with Crippen LogP contribution >= 0.6 is 0 Å². The van der Waals surface area contributed by atoms with Gasteiger partial charge in [-0.25, -0.2) is 0 Å². The van der Waals surface area contributed by atoms with Crippen LogP contribution in [0.1, 0.15) is 85.2 Å². The Labute approximate surface area is 203 Å². The van der Waals surface area contributed by atoms with Crippen LogP contribution in [0.3, 0.4) is 0 Å². The van der Waals surface area contributed by atoms with Crippen LogP contribution in [-0.4, -0.2) is 21.5 Å². The summed E-state index contributed by atoms with van der Waals surface area (Å²) in [5, 5.41) is 0. The summed E-state index contributed by atoms with van der Waals surface area (Å²) < 4.78 is 0. The van der Waals surface area contributed by atoms with Gasteiger partial charge in [-0.3, -0.25) is 19.6 Å². The molecule has 35 heavy (non-hydrogen) atoms. The SMILES string of the molecule is CCc1ccnc2c1C(=O)c1ccccc1[C@@]21C=C2c3ccccc3C(=O)c3nccc(c32)[C@@H]1C. The monoisotopic (exact) mass is 454 g/mol. The Morgan fingerprint density at radius 1 is 0.800 bits per heavy atom. The molecule has 2 aromatic carbocycles. The first-order valence-corrected chi connectivity index (χ1v) is 12.1. The molecule has 4 aromatic rings. The molecule has 168 valence electrons. The van der Waals surface area contributed by atoms with Gasteiger partial charge in [0.2, 0.25) is 5.78 Å². The molecule has 0 amide bonds. The second kappa shape index (κ2) is 6.92. The van der Waals surface area contributed by atoms with Crippen molar-refractivity contribution in [2.45, 2.75) is 31.6 Å². The maximum atomic E-state index is 13.8. The van der Waals surface area contributed by atoms with E-state index in [0.29, 0.717) is 11.3 Å². The van der Waals surface area contributed by atoms with Gasteiger partial charge in [0.1, 0.15) is 5.69 Å². The number of hydrogen-bond donors (Lipinski definition) is 0.